The van der Waals surface area contributed by atoms with Gasteiger partial charge in [0.25, 0.3) is 0 Å². The van der Waals surface area contributed by atoms with Gasteiger partial charge < -0.3 is 16.2 Å². The Bertz CT molecular complexity index is 516. The summed E-state index contributed by atoms with van der Waals surface area (Å²) in [6.07, 6.45) is 0. The third kappa shape index (κ3) is 3.95. The van der Waals surface area contributed by atoms with Gasteiger partial charge in [-0.05, 0) is 30.0 Å². The van der Waals surface area contributed by atoms with E-state index in [1.807, 2.05) is 6.07 Å². The smallest absolute Gasteiger partial charge is 0.337 e. The number of benzene rings is 1. The van der Waals surface area contributed by atoms with Crippen molar-refractivity contribution in [2.75, 3.05) is 20.2 Å². The fourth-order valence-electron chi connectivity index (χ4n) is 1.34. The lowest BCUT2D eigenvalue weighted by Gasteiger charge is -2.01. The van der Waals surface area contributed by atoms with Crippen molar-refractivity contribution in [2.24, 2.45) is 0 Å². The highest BCUT2D eigenvalue weighted by atomic mass is 16.5. The first-order chi connectivity index (χ1) is 8.71. The van der Waals surface area contributed by atoms with Crippen molar-refractivity contribution in [2.45, 2.75) is 0 Å². The van der Waals surface area contributed by atoms with Gasteiger partial charge in [-0.2, -0.15) is 0 Å². The Kier molecular flexibility index (Phi) is 5.47. The van der Waals surface area contributed by atoms with Crippen molar-refractivity contribution in [1.82, 2.24) is 0 Å². The highest BCUT2D eigenvalue weighted by molar-refractivity contribution is 5.90. The Morgan fingerprint density at radius 1 is 1.11 bits per heavy atom. The van der Waals surface area contributed by atoms with Gasteiger partial charge in [0.2, 0.25) is 0 Å². The minimum absolute atomic E-state index is 0.397. The minimum atomic E-state index is -0.397. The molecule has 0 saturated carbocycles. The van der Waals surface area contributed by atoms with Gasteiger partial charge >= 0.3 is 5.97 Å². The highest BCUT2D eigenvalue weighted by Gasteiger charge is 2.07. The zero-order valence-corrected chi connectivity index (χ0v) is 10.4. The number of esters is 1. The van der Waals surface area contributed by atoms with Gasteiger partial charge in [-0.1, -0.05) is 11.8 Å². The van der Waals surface area contributed by atoms with Gasteiger partial charge in [-0.15, -0.1) is 0 Å². The van der Waals surface area contributed by atoms with E-state index in [2.05, 4.69) is 35.1 Å². The first-order valence-corrected chi connectivity index (χ1v) is 5.51. The van der Waals surface area contributed by atoms with E-state index in [4.69, 9.17) is 4.74 Å². The molecule has 0 radical (unpaired) electrons. The van der Waals surface area contributed by atoms with Crippen molar-refractivity contribution < 1.29 is 21.0 Å². The molecule has 0 aromatic heterocycles. The van der Waals surface area contributed by atoms with Crippen LogP contribution in [0, 0.1) is 23.7 Å². The van der Waals surface area contributed by atoms with E-state index in [0.29, 0.717) is 18.7 Å². The average Bonchev–Trinajstić information content (AvgIpc) is 2.41. The Balaban J connectivity index is 3.23. The maximum absolute atomic E-state index is 11.5. The van der Waals surface area contributed by atoms with Gasteiger partial charge in [-0.25, -0.2) is 4.79 Å². The van der Waals surface area contributed by atoms with E-state index in [-0.39, 0.29) is 0 Å². The lowest BCUT2D eigenvalue weighted by Crippen LogP contribution is -2.49. The molecule has 1 aromatic carbocycles. The lowest BCUT2D eigenvalue weighted by atomic mass is 10.1. The third-order valence-corrected chi connectivity index (χ3v) is 2.07. The van der Waals surface area contributed by atoms with Crippen LogP contribution in [0.15, 0.2) is 18.2 Å². The van der Waals surface area contributed by atoms with Crippen LogP contribution in [0.1, 0.15) is 21.5 Å². The van der Waals surface area contributed by atoms with Crippen LogP contribution >= 0.6 is 0 Å². The predicted molar refractivity (Wildman–Crippen MR) is 67.0 cm³/mol. The van der Waals surface area contributed by atoms with Crippen LogP contribution in [0.4, 0.5) is 0 Å². The molecule has 0 spiro atoms. The predicted octanol–water partition coefficient (Wildman–Crippen LogP) is -1.34. The second-order valence-corrected chi connectivity index (χ2v) is 3.39. The second-order valence-electron chi connectivity index (χ2n) is 3.39. The largest absolute Gasteiger partial charge is 0.465 e. The molecule has 0 bridgehead atoms. The molecular formula is C14H16N2O2+2. The molecule has 0 atom stereocenters. The third-order valence-electron chi connectivity index (χ3n) is 2.07. The molecule has 4 heteroatoms. The summed E-state index contributed by atoms with van der Waals surface area (Å²) in [6.45, 7) is 1.03. The number of ether oxygens (including phenoxy) is 1. The van der Waals surface area contributed by atoms with Crippen molar-refractivity contribution in [1.29, 1.82) is 0 Å². The Hall–Kier alpha value is -2.27. The zero-order chi connectivity index (χ0) is 13.4. The molecule has 0 unspecified atom stereocenters. The van der Waals surface area contributed by atoms with Crippen molar-refractivity contribution in [3.8, 4) is 23.7 Å². The van der Waals surface area contributed by atoms with E-state index < -0.39 is 5.97 Å². The van der Waals surface area contributed by atoms with Gasteiger partial charge in [0, 0.05) is 11.1 Å². The maximum atomic E-state index is 11.5. The Morgan fingerprint density at radius 2 is 1.61 bits per heavy atom. The van der Waals surface area contributed by atoms with Crippen LogP contribution in [0.2, 0.25) is 0 Å². The second kappa shape index (κ2) is 7.13. The number of carbonyl (C=O) groups excluding carboxylic acids is 1. The number of quaternary nitrogens is 2. The fraction of sp³-hybridized carbons (Fsp3) is 0.214. The molecule has 4 nitrogen and oxygen atoms in total. The summed E-state index contributed by atoms with van der Waals surface area (Å²) >= 11 is 0. The van der Waals surface area contributed by atoms with E-state index >= 15 is 0 Å². The van der Waals surface area contributed by atoms with E-state index in [1.54, 1.807) is 12.1 Å². The Labute approximate surface area is 106 Å². The summed E-state index contributed by atoms with van der Waals surface area (Å²) < 4.78 is 4.70. The minimum Gasteiger partial charge on any atom is -0.465 e. The molecule has 0 saturated heterocycles. The van der Waals surface area contributed by atoms with Crippen LogP contribution in [0.5, 0.6) is 0 Å². The molecule has 6 N–H and O–H groups in total. The molecule has 1 aromatic rings. The average molecular weight is 244 g/mol. The molecule has 92 valence electrons. The Morgan fingerprint density at radius 3 is 2.00 bits per heavy atom. The van der Waals surface area contributed by atoms with Gasteiger partial charge in [0.05, 0.1) is 12.7 Å². The zero-order valence-electron chi connectivity index (χ0n) is 10.4. The van der Waals surface area contributed by atoms with Gasteiger partial charge in [-0.3, -0.25) is 0 Å². The van der Waals surface area contributed by atoms with E-state index in [0.717, 1.165) is 11.1 Å². The molecule has 0 aliphatic carbocycles. The number of methoxy groups -OCH3 is 1. The van der Waals surface area contributed by atoms with Crippen LogP contribution in [0.25, 0.3) is 0 Å². The number of rotatable bonds is 1. The van der Waals surface area contributed by atoms with Crippen molar-refractivity contribution in [3.05, 3.63) is 34.9 Å². The number of hydrogen-bond donors (Lipinski definition) is 2. The summed E-state index contributed by atoms with van der Waals surface area (Å²) in [5, 5.41) is 0. The topological polar surface area (TPSA) is 81.6 Å². The van der Waals surface area contributed by atoms with Crippen LogP contribution in [-0.2, 0) is 4.74 Å². The quantitative estimate of drug-likeness (QED) is 0.473. The molecule has 1 rings (SSSR count). The summed E-state index contributed by atoms with van der Waals surface area (Å²) in [5.74, 6) is 11.2. The highest BCUT2D eigenvalue weighted by Crippen LogP contribution is 2.10. The molecule has 0 heterocycles. The molecule has 18 heavy (non-hydrogen) atoms. The van der Waals surface area contributed by atoms with Crippen LogP contribution in [-0.4, -0.2) is 26.2 Å². The summed E-state index contributed by atoms with van der Waals surface area (Å²) in [4.78, 5) is 11.5. The first kappa shape index (κ1) is 13.8. The van der Waals surface area contributed by atoms with Crippen LogP contribution < -0.4 is 11.5 Å². The molecule has 0 amide bonds. The molecule has 0 fully saturated rings. The fourth-order valence-corrected chi connectivity index (χ4v) is 1.34. The summed E-state index contributed by atoms with van der Waals surface area (Å²) in [5.41, 5.74) is 9.20. The monoisotopic (exact) mass is 244 g/mol. The molecule has 0 aliphatic rings. The molecule has 0 aliphatic heterocycles. The summed E-state index contributed by atoms with van der Waals surface area (Å²) in [7, 11) is 1.35. The van der Waals surface area contributed by atoms with Crippen molar-refractivity contribution in [3.63, 3.8) is 0 Å². The van der Waals surface area contributed by atoms with Gasteiger partial charge in [0.1, 0.15) is 13.1 Å². The van der Waals surface area contributed by atoms with Crippen molar-refractivity contribution >= 4 is 5.97 Å². The number of carbonyl (C=O) groups is 1. The maximum Gasteiger partial charge on any atom is 0.337 e. The normalized spacial score (nSPS) is 8.61. The standard InChI is InChI=1S/C14H14N2O2/c1-18-14(17)13-9-11(4-2-6-15)8-12(10-13)5-3-7-16/h8-10H,6-7,15-16H2,1H3/p+2. The SMILES string of the molecule is COC(=O)c1cc(C#CC[NH3+])cc(C#CC[NH3+])c1. The lowest BCUT2D eigenvalue weighted by molar-refractivity contribution is -0.350. The molecular weight excluding hydrogens is 228 g/mol. The van der Waals surface area contributed by atoms with Crippen LogP contribution in [0.3, 0.4) is 0 Å². The van der Waals surface area contributed by atoms with Gasteiger partial charge in [0.15, 0.2) is 0 Å². The van der Waals surface area contributed by atoms with E-state index in [9.17, 15) is 4.79 Å². The first-order valence-electron chi connectivity index (χ1n) is 5.51. The number of hydrogen-bond acceptors (Lipinski definition) is 2. The summed E-state index contributed by atoms with van der Waals surface area (Å²) in [6, 6.07) is 5.20. The van der Waals surface area contributed by atoms with E-state index in [1.165, 1.54) is 7.11 Å².